The van der Waals surface area contributed by atoms with Gasteiger partial charge in [0, 0.05) is 12.7 Å². The van der Waals surface area contributed by atoms with Crippen molar-refractivity contribution in [2.24, 2.45) is 11.8 Å². The zero-order chi connectivity index (χ0) is 15.3. The molecule has 114 valence electrons. The molecule has 1 aliphatic carbocycles. The fourth-order valence-electron chi connectivity index (χ4n) is 2.76. The molecule has 0 bridgehead atoms. The molecule has 6 heteroatoms. The van der Waals surface area contributed by atoms with E-state index in [4.69, 9.17) is 5.26 Å². The predicted molar refractivity (Wildman–Crippen MR) is 79.9 cm³/mol. The van der Waals surface area contributed by atoms with Crippen LogP contribution in [0.25, 0.3) is 0 Å². The summed E-state index contributed by atoms with van der Waals surface area (Å²) >= 11 is 0. The van der Waals surface area contributed by atoms with Gasteiger partial charge >= 0.3 is 0 Å². The fraction of sp³-hybridized carbons (Fsp3) is 0.600. The van der Waals surface area contributed by atoms with Crippen LogP contribution >= 0.6 is 0 Å². The second-order valence-corrected chi connectivity index (χ2v) is 7.40. The minimum Gasteiger partial charge on any atom is -0.244 e. The van der Waals surface area contributed by atoms with E-state index in [1.807, 2.05) is 6.07 Å². The van der Waals surface area contributed by atoms with Gasteiger partial charge in [0.05, 0.1) is 0 Å². The molecule has 1 N–H and O–H groups in total. The van der Waals surface area contributed by atoms with Crippen molar-refractivity contribution in [2.45, 2.75) is 43.9 Å². The highest BCUT2D eigenvalue weighted by molar-refractivity contribution is 7.89. The third-order valence-electron chi connectivity index (χ3n) is 4.27. The van der Waals surface area contributed by atoms with Crippen molar-refractivity contribution in [2.75, 3.05) is 6.54 Å². The fourth-order valence-corrected chi connectivity index (χ4v) is 3.82. The molecule has 1 heterocycles. The third-order valence-corrected chi connectivity index (χ3v) is 5.68. The molecule has 1 aromatic rings. The Morgan fingerprint density at radius 2 is 1.95 bits per heavy atom. The topological polar surface area (TPSA) is 82.9 Å². The zero-order valence-electron chi connectivity index (χ0n) is 12.2. The van der Waals surface area contributed by atoms with E-state index in [1.54, 1.807) is 0 Å². The van der Waals surface area contributed by atoms with E-state index in [-0.39, 0.29) is 10.6 Å². The van der Waals surface area contributed by atoms with Crippen LogP contribution in [0.1, 0.15) is 44.7 Å². The lowest BCUT2D eigenvalue weighted by Gasteiger charge is -2.27. The van der Waals surface area contributed by atoms with Gasteiger partial charge in [-0.2, -0.15) is 5.26 Å². The number of aromatic nitrogens is 1. The quantitative estimate of drug-likeness (QED) is 0.905. The molecule has 0 aliphatic heterocycles. The first-order valence-electron chi connectivity index (χ1n) is 7.41. The van der Waals surface area contributed by atoms with Crippen molar-refractivity contribution in [1.82, 2.24) is 9.71 Å². The van der Waals surface area contributed by atoms with Crippen molar-refractivity contribution in [1.29, 1.82) is 5.26 Å². The minimum atomic E-state index is -3.53. The molecule has 1 aromatic heterocycles. The Bertz CT molecular complexity index is 597. The molecule has 0 unspecified atom stereocenters. The van der Waals surface area contributed by atoms with E-state index in [2.05, 4.69) is 16.6 Å². The molecule has 0 amide bonds. The number of hydrogen-bond acceptors (Lipinski definition) is 4. The Morgan fingerprint density at radius 3 is 2.48 bits per heavy atom. The van der Waals surface area contributed by atoms with E-state index in [1.165, 1.54) is 37.6 Å². The number of sulfonamides is 1. The van der Waals surface area contributed by atoms with Gasteiger partial charge in [0.2, 0.25) is 10.0 Å². The van der Waals surface area contributed by atoms with E-state index in [0.29, 0.717) is 12.5 Å². The van der Waals surface area contributed by atoms with Crippen LogP contribution in [0, 0.1) is 23.2 Å². The largest absolute Gasteiger partial charge is 0.244 e. The van der Waals surface area contributed by atoms with Gasteiger partial charge in [-0.1, -0.05) is 26.2 Å². The van der Waals surface area contributed by atoms with Crippen LogP contribution in [0.4, 0.5) is 0 Å². The van der Waals surface area contributed by atoms with E-state index in [0.717, 1.165) is 18.8 Å². The minimum absolute atomic E-state index is 0.115. The van der Waals surface area contributed by atoms with Crippen molar-refractivity contribution < 1.29 is 8.42 Å². The van der Waals surface area contributed by atoms with Crippen molar-refractivity contribution in [3.8, 4) is 6.07 Å². The van der Waals surface area contributed by atoms with Gasteiger partial charge in [-0.15, -0.1) is 0 Å². The second kappa shape index (κ2) is 7.01. The van der Waals surface area contributed by atoms with Crippen LogP contribution in [0.15, 0.2) is 23.2 Å². The molecule has 1 saturated carbocycles. The van der Waals surface area contributed by atoms with Gasteiger partial charge in [-0.05, 0) is 36.8 Å². The molecule has 0 radical (unpaired) electrons. The number of hydrogen-bond donors (Lipinski definition) is 1. The predicted octanol–water partition coefficient (Wildman–Crippen LogP) is 2.45. The van der Waals surface area contributed by atoms with Crippen LogP contribution in [0.3, 0.4) is 0 Å². The molecule has 0 saturated heterocycles. The first kappa shape index (κ1) is 15.9. The average molecular weight is 307 g/mol. The van der Waals surface area contributed by atoms with Crippen LogP contribution in [-0.4, -0.2) is 19.9 Å². The Kier molecular flexibility index (Phi) is 5.32. The maximum Gasteiger partial charge on any atom is 0.242 e. The summed E-state index contributed by atoms with van der Waals surface area (Å²) in [5, 5.41) is 8.67. The van der Waals surface area contributed by atoms with Crippen molar-refractivity contribution in [3.63, 3.8) is 0 Å². The summed E-state index contributed by atoms with van der Waals surface area (Å²) in [6.45, 7) is 2.70. The number of nitrogens with zero attached hydrogens (tertiary/aromatic N) is 2. The van der Waals surface area contributed by atoms with E-state index in [9.17, 15) is 8.42 Å². The Labute approximate surface area is 126 Å². The summed E-state index contributed by atoms with van der Waals surface area (Å²) in [7, 11) is -3.53. The highest BCUT2D eigenvalue weighted by Gasteiger charge is 2.22. The van der Waals surface area contributed by atoms with Gasteiger partial charge in [-0.3, -0.25) is 0 Å². The lowest BCUT2D eigenvalue weighted by molar-refractivity contribution is 0.270. The molecule has 5 nitrogen and oxygen atoms in total. The molecule has 0 spiro atoms. The van der Waals surface area contributed by atoms with Gasteiger partial charge in [0.15, 0.2) is 0 Å². The van der Waals surface area contributed by atoms with E-state index < -0.39 is 10.0 Å². The maximum absolute atomic E-state index is 12.2. The normalized spacial score (nSPS) is 22.7. The SMILES string of the molecule is CCC1CCC(CNS(=O)(=O)c2ccc(C#N)nc2)CC1. The molecular weight excluding hydrogens is 286 g/mol. The lowest BCUT2D eigenvalue weighted by atomic mass is 9.81. The van der Waals surface area contributed by atoms with Gasteiger partial charge in [-0.25, -0.2) is 18.1 Å². The van der Waals surface area contributed by atoms with Crippen LogP contribution in [0.2, 0.25) is 0 Å². The lowest BCUT2D eigenvalue weighted by Crippen LogP contribution is -2.31. The molecule has 1 fully saturated rings. The third kappa shape index (κ3) is 4.26. The first-order valence-corrected chi connectivity index (χ1v) is 8.89. The Morgan fingerprint density at radius 1 is 1.29 bits per heavy atom. The summed E-state index contributed by atoms with van der Waals surface area (Å²) in [5.74, 6) is 1.23. The molecule has 0 atom stereocenters. The summed E-state index contributed by atoms with van der Waals surface area (Å²) < 4.78 is 27.0. The Balaban J connectivity index is 1.91. The summed E-state index contributed by atoms with van der Waals surface area (Å²) in [5.41, 5.74) is 0.215. The molecule has 21 heavy (non-hydrogen) atoms. The highest BCUT2D eigenvalue weighted by Crippen LogP contribution is 2.30. The maximum atomic E-state index is 12.2. The van der Waals surface area contributed by atoms with Crippen molar-refractivity contribution >= 4 is 10.0 Å². The summed E-state index contributed by atoms with van der Waals surface area (Å²) in [4.78, 5) is 3.91. The van der Waals surface area contributed by atoms with Crippen LogP contribution in [0.5, 0.6) is 0 Å². The number of nitrogens with one attached hydrogen (secondary N) is 1. The molecule has 2 rings (SSSR count). The van der Waals surface area contributed by atoms with Crippen molar-refractivity contribution in [3.05, 3.63) is 24.0 Å². The monoisotopic (exact) mass is 307 g/mol. The average Bonchev–Trinajstić information content (AvgIpc) is 2.53. The highest BCUT2D eigenvalue weighted by atomic mass is 32.2. The van der Waals surface area contributed by atoms with Gasteiger partial charge < -0.3 is 0 Å². The first-order chi connectivity index (χ1) is 10.0. The summed E-state index contributed by atoms with van der Waals surface area (Å²) in [6.07, 6.45) is 7.02. The zero-order valence-corrected chi connectivity index (χ0v) is 13.1. The van der Waals surface area contributed by atoms with Gasteiger partial charge in [0.1, 0.15) is 16.7 Å². The van der Waals surface area contributed by atoms with Gasteiger partial charge in [0.25, 0.3) is 0 Å². The van der Waals surface area contributed by atoms with Crippen LogP contribution < -0.4 is 4.72 Å². The standard InChI is InChI=1S/C15H21N3O2S/c1-2-12-3-5-13(6-4-12)10-18-21(19,20)15-8-7-14(9-16)17-11-15/h7-8,11-13,18H,2-6,10H2,1H3. The second-order valence-electron chi connectivity index (χ2n) is 5.64. The smallest absolute Gasteiger partial charge is 0.242 e. The van der Waals surface area contributed by atoms with E-state index >= 15 is 0 Å². The number of pyridine rings is 1. The molecular formula is C15H21N3O2S. The number of rotatable bonds is 5. The molecule has 0 aromatic carbocycles. The molecule has 1 aliphatic rings. The Hall–Kier alpha value is -1.45. The summed E-state index contributed by atoms with van der Waals surface area (Å²) in [6, 6.07) is 4.71. The van der Waals surface area contributed by atoms with Crippen LogP contribution in [-0.2, 0) is 10.0 Å². The number of nitriles is 1.